The van der Waals surface area contributed by atoms with Crippen LogP contribution in [0.25, 0.3) is 10.2 Å². The van der Waals surface area contributed by atoms with Crippen LogP contribution in [0.3, 0.4) is 0 Å². The lowest BCUT2D eigenvalue weighted by Gasteiger charge is -2.07. The molecular formula is C14H18N2OS. The number of amides is 1. The molecule has 0 saturated carbocycles. The van der Waals surface area contributed by atoms with E-state index in [1.807, 2.05) is 27.7 Å². The fraction of sp³-hybridized carbons (Fsp3) is 0.429. The summed E-state index contributed by atoms with van der Waals surface area (Å²) in [6, 6.07) is 2.21. The number of nitrogens with one attached hydrogen (secondary N) is 1. The van der Waals surface area contributed by atoms with Gasteiger partial charge in [-0.3, -0.25) is 4.79 Å². The van der Waals surface area contributed by atoms with Crippen molar-refractivity contribution in [1.82, 2.24) is 10.3 Å². The number of pyridine rings is 1. The first-order valence-electron chi connectivity index (χ1n) is 6.08. The summed E-state index contributed by atoms with van der Waals surface area (Å²) in [5.41, 5.74) is 3.23. The maximum Gasteiger partial charge on any atom is 0.261 e. The van der Waals surface area contributed by atoms with Gasteiger partial charge in [0.1, 0.15) is 4.83 Å². The summed E-state index contributed by atoms with van der Waals surface area (Å²) < 4.78 is 0. The quantitative estimate of drug-likeness (QED) is 0.901. The molecule has 2 aromatic heterocycles. The fourth-order valence-corrected chi connectivity index (χ4v) is 3.37. The minimum Gasteiger partial charge on any atom is -0.349 e. The van der Waals surface area contributed by atoms with Crippen LogP contribution >= 0.6 is 11.3 Å². The SMILES string of the molecule is Cc1cc(C)c2c(C)c(C(=O)NC(C)C)sc2n1. The van der Waals surface area contributed by atoms with Gasteiger partial charge in [-0.15, -0.1) is 11.3 Å². The summed E-state index contributed by atoms with van der Waals surface area (Å²) in [6.07, 6.45) is 0. The molecule has 2 aromatic rings. The third kappa shape index (κ3) is 2.25. The molecule has 18 heavy (non-hydrogen) atoms. The normalized spacial score (nSPS) is 11.2. The Kier molecular flexibility index (Phi) is 3.39. The molecule has 2 rings (SSSR count). The lowest BCUT2D eigenvalue weighted by Crippen LogP contribution is -2.29. The topological polar surface area (TPSA) is 42.0 Å². The molecule has 0 unspecified atom stereocenters. The highest BCUT2D eigenvalue weighted by Gasteiger charge is 2.18. The van der Waals surface area contributed by atoms with E-state index in [-0.39, 0.29) is 11.9 Å². The lowest BCUT2D eigenvalue weighted by molar-refractivity contribution is 0.0947. The average molecular weight is 262 g/mol. The molecule has 1 N–H and O–H groups in total. The first kappa shape index (κ1) is 13.0. The summed E-state index contributed by atoms with van der Waals surface area (Å²) >= 11 is 1.48. The maximum absolute atomic E-state index is 12.1. The smallest absolute Gasteiger partial charge is 0.261 e. The van der Waals surface area contributed by atoms with Crippen LogP contribution in [-0.2, 0) is 0 Å². The van der Waals surface area contributed by atoms with Crippen molar-refractivity contribution in [3.8, 4) is 0 Å². The Morgan fingerprint density at radius 1 is 1.33 bits per heavy atom. The number of fused-ring (bicyclic) bond motifs is 1. The van der Waals surface area contributed by atoms with Crippen LogP contribution in [0.1, 0.15) is 40.3 Å². The predicted octanol–water partition coefficient (Wildman–Crippen LogP) is 3.36. The molecule has 0 atom stereocenters. The first-order chi connectivity index (χ1) is 8.40. The van der Waals surface area contributed by atoms with Gasteiger partial charge in [0.15, 0.2) is 0 Å². The second kappa shape index (κ2) is 4.69. The van der Waals surface area contributed by atoms with Crippen molar-refractivity contribution in [3.05, 3.63) is 27.8 Å². The van der Waals surface area contributed by atoms with E-state index >= 15 is 0 Å². The Balaban J connectivity index is 2.57. The highest BCUT2D eigenvalue weighted by Crippen LogP contribution is 2.32. The first-order valence-corrected chi connectivity index (χ1v) is 6.90. The van der Waals surface area contributed by atoms with Crippen molar-refractivity contribution in [2.24, 2.45) is 0 Å². The number of thiophene rings is 1. The molecule has 0 aliphatic heterocycles. The summed E-state index contributed by atoms with van der Waals surface area (Å²) in [5.74, 6) is 0.00236. The van der Waals surface area contributed by atoms with Gasteiger partial charge in [0.25, 0.3) is 5.91 Å². The molecule has 2 heterocycles. The molecule has 0 spiro atoms. The van der Waals surface area contributed by atoms with E-state index in [4.69, 9.17) is 0 Å². The largest absolute Gasteiger partial charge is 0.349 e. The molecule has 4 heteroatoms. The van der Waals surface area contributed by atoms with Crippen LogP contribution in [0.2, 0.25) is 0 Å². The van der Waals surface area contributed by atoms with Crippen molar-refractivity contribution in [1.29, 1.82) is 0 Å². The Morgan fingerprint density at radius 3 is 2.61 bits per heavy atom. The minimum atomic E-state index is 0.00236. The van der Waals surface area contributed by atoms with Crippen LogP contribution in [0.5, 0.6) is 0 Å². The number of rotatable bonds is 2. The van der Waals surface area contributed by atoms with Crippen molar-refractivity contribution in [3.63, 3.8) is 0 Å². The molecule has 0 bridgehead atoms. The van der Waals surface area contributed by atoms with Crippen LogP contribution in [0.4, 0.5) is 0 Å². The van der Waals surface area contributed by atoms with Gasteiger partial charge in [-0.25, -0.2) is 4.98 Å². The summed E-state index contributed by atoms with van der Waals surface area (Å²) in [5, 5.41) is 4.06. The van der Waals surface area contributed by atoms with Crippen LogP contribution < -0.4 is 5.32 Å². The zero-order valence-corrected chi connectivity index (χ0v) is 12.2. The Labute approximate surface area is 111 Å². The molecule has 96 valence electrons. The monoisotopic (exact) mass is 262 g/mol. The minimum absolute atomic E-state index is 0.00236. The summed E-state index contributed by atoms with van der Waals surface area (Å²) in [7, 11) is 0. The lowest BCUT2D eigenvalue weighted by atomic mass is 10.1. The van der Waals surface area contributed by atoms with Gasteiger partial charge in [-0.1, -0.05) is 0 Å². The number of hydrogen-bond donors (Lipinski definition) is 1. The number of aromatic nitrogens is 1. The van der Waals surface area contributed by atoms with E-state index in [0.29, 0.717) is 0 Å². The summed E-state index contributed by atoms with van der Waals surface area (Å²) in [4.78, 5) is 18.4. The van der Waals surface area contributed by atoms with Crippen molar-refractivity contribution < 1.29 is 4.79 Å². The molecule has 0 aliphatic rings. The zero-order chi connectivity index (χ0) is 13.4. The average Bonchev–Trinajstić information content (AvgIpc) is 2.54. The highest BCUT2D eigenvalue weighted by molar-refractivity contribution is 7.20. The highest BCUT2D eigenvalue weighted by atomic mass is 32.1. The van der Waals surface area contributed by atoms with E-state index in [2.05, 4.69) is 23.3 Å². The van der Waals surface area contributed by atoms with Crippen molar-refractivity contribution >= 4 is 27.5 Å². The Hall–Kier alpha value is -1.42. The van der Waals surface area contributed by atoms with Gasteiger partial charge in [0.05, 0.1) is 4.88 Å². The molecule has 1 amide bonds. The second-order valence-corrected chi connectivity index (χ2v) is 5.94. The third-order valence-corrected chi connectivity index (χ3v) is 4.04. The molecular weight excluding hydrogens is 244 g/mol. The fourth-order valence-electron chi connectivity index (χ4n) is 2.16. The van der Waals surface area contributed by atoms with Crippen molar-refractivity contribution in [2.45, 2.75) is 40.7 Å². The number of nitrogens with zero attached hydrogens (tertiary/aromatic N) is 1. The van der Waals surface area contributed by atoms with E-state index < -0.39 is 0 Å². The molecule has 3 nitrogen and oxygen atoms in total. The molecule has 0 fully saturated rings. The van der Waals surface area contributed by atoms with Gasteiger partial charge < -0.3 is 5.32 Å². The zero-order valence-electron chi connectivity index (χ0n) is 11.4. The van der Waals surface area contributed by atoms with Crippen LogP contribution in [0, 0.1) is 20.8 Å². The van der Waals surface area contributed by atoms with Crippen molar-refractivity contribution in [2.75, 3.05) is 0 Å². The number of carbonyl (C=O) groups is 1. The molecule has 0 aliphatic carbocycles. The van der Waals surface area contributed by atoms with Crippen LogP contribution in [-0.4, -0.2) is 16.9 Å². The van der Waals surface area contributed by atoms with E-state index in [0.717, 1.165) is 26.4 Å². The van der Waals surface area contributed by atoms with Gasteiger partial charge in [-0.2, -0.15) is 0 Å². The summed E-state index contributed by atoms with van der Waals surface area (Å²) in [6.45, 7) is 9.98. The molecule has 0 aromatic carbocycles. The predicted molar refractivity (Wildman–Crippen MR) is 76.4 cm³/mol. The maximum atomic E-state index is 12.1. The van der Waals surface area contributed by atoms with Gasteiger partial charge in [0.2, 0.25) is 0 Å². The molecule has 0 saturated heterocycles. The Bertz CT molecular complexity index is 614. The van der Waals surface area contributed by atoms with Crippen LogP contribution in [0.15, 0.2) is 6.07 Å². The van der Waals surface area contributed by atoms with Gasteiger partial charge in [-0.05, 0) is 51.8 Å². The van der Waals surface area contributed by atoms with Gasteiger partial charge in [0, 0.05) is 17.1 Å². The number of aryl methyl sites for hydroxylation is 3. The van der Waals surface area contributed by atoms with E-state index in [1.165, 1.54) is 16.9 Å². The Morgan fingerprint density at radius 2 is 2.00 bits per heavy atom. The number of carbonyl (C=O) groups excluding carboxylic acids is 1. The number of hydrogen-bond acceptors (Lipinski definition) is 3. The second-order valence-electron chi connectivity index (χ2n) is 4.95. The van der Waals surface area contributed by atoms with E-state index in [9.17, 15) is 4.79 Å². The standard InChI is InChI=1S/C14H18N2OS/c1-7(2)15-13(17)12-10(5)11-8(3)6-9(4)16-14(11)18-12/h6-7H,1-5H3,(H,15,17). The van der Waals surface area contributed by atoms with E-state index in [1.54, 1.807) is 0 Å². The van der Waals surface area contributed by atoms with Gasteiger partial charge >= 0.3 is 0 Å². The molecule has 0 radical (unpaired) electrons. The third-order valence-electron chi connectivity index (χ3n) is 2.85.